The summed E-state index contributed by atoms with van der Waals surface area (Å²) in [6.45, 7) is 1.77. The maximum absolute atomic E-state index is 12.4. The van der Waals surface area contributed by atoms with Crippen molar-refractivity contribution in [3.8, 4) is 0 Å². The van der Waals surface area contributed by atoms with Gasteiger partial charge in [-0.1, -0.05) is 23.7 Å². The first-order chi connectivity index (χ1) is 10.4. The van der Waals surface area contributed by atoms with Crippen LogP contribution in [0.5, 0.6) is 0 Å². The summed E-state index contributed by atoms with van der Waals surface area (Å²) in [7, 11) is -3.78. The zero-order chi connectivity index (χ0) is 15.9. The summed E-state index contributed by atoms with van der Waals surface area (Å²) in [6.07, 6.45) is 0. The third-order valence-electron chi connectivity index (χ3n) is 3.55. The minimum Gasteiger partial charge on any atom is -0.325 e. The average Bonchev–Trinajstić information content (AvgIpc) is 2.74. The summed E-state index contributed by atoms with van der Waals surface area (Å²) < 4.78 is 27.3. The molecular formula is C15H13ClN2O3S. The number of carbonyl (C=O) groups excluding carboxylic acids is 1. The number of benzene rings is 2. The Morgan fingerprint density at radius 1 is 1.18 bits per heavy atom. The molecule has 1 unspecified atom stereocenters. The monoisotopic (exact) mass is 336 g/mol. The highest BCUT2D eigenvalue weighted by Crippen LogP contribution is 2.34. The van der Waals surface area contributed by atoms with Gasteiger partial charge in [-0.2, -0.15) is 0 Å². The second kappa shape index (κ2) is 5.30. The van der Waals surface area contributed by atoms with Crippen molar-refractivity contribution in [3.05, 3.63) is 53.1 Å². The lowest BCUT2D eigenvalue weighted by molar-refractivity contribution is -0.116. The first-order valence-electron chi connectivity index (χ1n) is 6.60. The molecule has 1 aliphatic rings. The van der Waals surface area contributed by atoms with Gasteiger partial charge in [0.25, 0.3) is 10.0 Å². The van der Waals surface area contributed by atoms with Crippen LogP contribution in [0.4, 0.5) is 11.4 Å². The normalized spacial score (nSPS) is 17.0. The Morgan fingerprint density at radius 2 is 1.91 bits per heavy atom. The predicted molar refractivity (Wildman–Crippen MR) is 85.7 cm³/mol. The molecule has 5 nitrogen and oxygen atoms in total. The van der Waals surface area contributed by atoms with E-state index < -0.39 is 10.0 Å². The fraction of sp³-hybridized carbons (Fsp3) is 0.133. The molecule has 2 aromatic rings. The van der Waals surface area contributed by atoms with Crippen LogP contribution in [0.15, 0.2) is 47.4 Å². The molecule has 2 N–H and O–H groups in total. The molecule has 1 heterocycles. The highest BCUT2D eigenvalue weighted by atomic mass is 35.5. The molecule has 0 bridgehead atoms. The van der Waals surface area contributed by atoms with E-state index in [1.165, 1.54) is 12.1 Å². The van der Waals surface area contributed by atoms with Crippen LogP contribution in [0, 0.1) is 0 Å². The summed E-state index contributed by atoms with van der Waals surface area (Å²) in [4.78, 5) is 11.6. The second-order valence-corrected chi connectivity index (χ2v) is 7.11. The van der Waals surface area contributed by atoms with E-state index in [2.05, 4.69) is 10.0 Å². The maximum atomic E-state index is 12.4. The molecule has 22 heavy (non-hydrogen) atoms. The number of hydrogen-bond acceptors (Lipinski definition) is 3. The van der Waals surface area contributed by atoms with Crippen molar-refractivity contribution < 1.29 is 13.2 Å². The quantitative estimate of drug-likeness (QED) is 0.903. The van der Waals surface area contributed by atoms with Gasteiger partial charge >= 0.3 is 0 Å². The highest BCUT2D eigenvalue weighted by molar-refractivity contribution is 7.92. The lowest BCUT2D eigenvalue weighted by atomic mass is 10.0. The first kappa shape index (κ1) is 14.9. The number of carbonyl (C=O) groups is 1. The van der Waals surface area contributed by atoms with Gasteiger partial charge in [-0.05, 0) is 42.8 Å². The highest BCUT2D eigenvalue weighted by Gasteiger charge is 2.27. The van der Waals surface area contributed by atoms with Crippen LogP contribution in [-0.2, 0) is 14.8 Å². The molecule has 114 valence electrons. The van der Waals surface area contributed by atoms with E-state index in [-0.39, 0.29) is 21.7 Å². The summed E-state index contributed by atoms with van der Waals surface area (Å²) >= 11 is 5.94. The van der Waals surface area contributed by atoms with Crippen LogP contribution >= 0.6 is 11.6 Å². The Balaban J connectivity index is 1.95. The topological polar surface area (TPSA) is 75.3 Å². The molecule has 0 saturated heterocycles. The first-order valence-corrected chi connectivity index (χ1v) is 8.47. The van der Waals surface area contributed by atoms with Gasteiger partial charge < -0.3 is 5.32 Å². The SMILES string of the molecule is CC1C(=O)Nc2ccc(NS(=O)(=O)c3ccccc3Cl)cc21. The fourth-order valence-corrected chi connectivity index (χ4v) is 3.92. The number of amides is 1. The standard InChI is InChI=1S/C15H13ClN2O3S/c1-9-11-8-10(6-7-13(11)17-15(9)19)18-22(20,21)14-5-3-2-4-12(14)16/h2-9,18H,1H3,(H,17,19). The number of sulfonamides is 1. The Hall–Kier alpha value is -2.05. The number of nitrogens with one attached hydrogen (secondary N) is 2. The van der Waals surface area contributed by atoms with Gasteiger partial charge in [0.05, 0.1) is 10.9 Å². The van der Waals surface area contributed by atoms with Gasteiger partial charge in [0.15, 0.2) is 0 Å². The van der Waals surface area contributed by atoms with E-state index >= 15 is 0 Å². The number of anilines is 2. The predicted octanol–water partition coefficient (Wildman–Crippen LogP) is 3.20. The number of rotatable bonds is 3. The number of halogens is 1. The van der Waals surface area contributed by atoms with Crippen LogP contribution in [0.25, 0.3) is 0 Å². The van der Waals surface area contributed by atoms with Gasteiger partial charge in [0.2, 0.25) is 5.91 Å². The molecule has 7 heteroatoms. The smallest absolute Gasteiger partial charge is 0.263 e. The van der Waals surface area contributed by atoms with Crippen LogP contribution in [0.2, 0.25) is 5.02 Å². The van der Waals surface area contributed by atoms with Gasteiger partial charge in [-0.15, -0.1) is 0 Å². The molecule has 0 aromatic heterocycles. The fourth-order valence-electron chi connectivity index (χ4n) is 2.35. The molecule has 0 fully saturated rings. The van der Waals surface area contributed by atoms with Crippen LogP contribution in [0.3, 0.4) is 0 Å². The molecule has 1 aliphatic heterocycles. The Kier molecular flexibility index (Phi) is 3.58. The van der Waals surface area contributed by atoms with Gasteiger partial charge in [0.1, 0.15) is 4.90 Å². The van der Waals surface area contributed by atoms with E-state index in [0.717, 1.165) is 5.56 Å². The molecule has 0 spiro atoms. The van der Waals surface area contributed by atoms with Crippen molar-refractivity contribution in [1.82, 2.24) is 0 Å². The van der Waals surface area contributed by atoms with Crippen molar-refractivity contribution in [2.75, 3.05) is 10.0 Å². The third-order valence-corrected chi connectivity index (χ3v) is 5.43. The Morgan fingerprint density at radius 3 is 2.64 bits per heavy atom. The second-order valence-electron chi connectivity index (χ2n) is 5.05. The summed E-state index contributed by atoms with van der Waals surface area (Å²) in [5.41, 5.74) is 1.87. The summed E-state index contributed by atoms with van der Waals surface area (Å²) in [6, 6.07) is 11.2. The van der Waals surface area contributed by atoms with E-state index in [1.807, 2.05) is 0 Å². The molecule has 0 saturated carbocycles. The molecular weight excluding hydrogens is 324 g/mol. The van der Waals surface area contributed by atoms with Gasteiger partial charge in [-0.3, -0.25) is 9.52 Å². The maximum Gasteiger partial charge on any atom is 0.263 e. The minimum atomic E-state index is -3.78. The van der Waals surface area contributed by atoms with Crippen molar-refractivity contribution >= 4 is 38.9 Å². The number of hydrogen-bond donors (Lipinski definition) is 2. The zero-order valence-electron chi connectivity index (χ0n) is 11.6. The van der Waals surface area contributed by atoms with Gasteiger partial charge in [-0.25, -0.2) is 8.42 Å². The minimum absolute atomic E-state index is 0.0133. The molecule has 3 rings (SSSR count). The van der Waals surface area contributed by atoms with Crippen LogP contribution in [-0.4, -0.2) is 14.3 Å². The van der Waals surface area contributed by atoms with Gasteiger partial charge in [0, 0.05) is 11.4 Å². The zero-order valence-corrected chi connectivity index (χ0v) is 13.2. The Labute approximate surface area is 133 Å². The van der Waals surface area contributed by atoms with Crippen molar-refractivity contribution in [1.29, 1.82) is 0 Å². The third kappa shape index (κ3) is 2.55. The van der Waals surface area contributed by atoms with Crippen LogP contribution < -0.4 is 10.0 Å². The lowest BCUT2D eigenvalue weighted by Crippen LogP contribution is -2.13. The number of fused-ring (bicyclic) bond motifs is 1. The Bertz CT molecular complexity index is 865. The molecule has 1 amide bonds. The van der Waals surface area contributed by atoms with Crippen molar-refractivity contribution in [2.24, 2.45) is 0 Å². The van der Waals surface area contributed by atoms with E-state index in [1.54, 1.807) is 37.3 Å². The molecule has 1 atom stereocenters. The average molecular weight is 337 g/mol. The van der Waals surface area contributed by atoms with Crippen molar-refractivity contribution in [3.63, 3.8) is 0 Å². The molecule has 0 aliphatic carbocycles. The lowest BCUT2D eigenvalue weighted by Gasteiger charge is -2.11. The van der Waals surface area contributed by atoms with E-state index in [0.29, 0.717) is 11.4 Å². The van der Waals surface area contributed by atoms with Crippen molar-refractivity contribution in [2.45, 2.75) is 17.7 Å². The van der Waals surface area contributed by atoms with Crippen LogP contribution in [0.1, 0.15) is 18.4 Å². The van der Waals surface area contributed by atoms with E-state index in [9.17, 15) is 13.2 Å². The summed E-state index contributed by atoms with van der Waals surface area (Å²) in [5, 5.41) is 2.89. The molecule has 2 aromatic carbocycles. The summed E-state index contributed by atoms with van der Waals surface area (Å²) in [5.74, 6) is -0.402. The molecule has 0 radical (unpaired) electrons. The largest absolute Gasteiger partial charge is 0.325 e. The van der Waals surface area contributed by atoms with E-state index in [4.69, 9.17) is 11.6 Å².